The minimum Gasteiger partial charge on any atom is -0.351 e. The van der Waals surface area contributed by atoms with Gasteiger partial charge in [0.1, 0.15) is 4.88 Å². The zero-order chi connectivity index (χ0) is 15.4. The van der Waals surface area contributed by atoms with Crippen molar-refractivity contribution in [3.63, 3.8) is 0 Å². The number of carbonyl (C=O) groups is 1. The summed E-state index contributed by atoms with van der Waals surface area (Å²) in [6, 6.07) is 8.50. The number of rotatable bonds is 5. The molecular weight excluding hydrogens is 335 g/mol. The molecule has 1 N–H and O–H groups in total. The zero-order valence-corrected chi connectivity index (χ0v) is 13.0. The highest BCUT2D eigenvalue weighted by atomic mass is 35.5. The molecule has 0 spiro atoms. The SMILES string of the molecule is O=C(NCCc1ccc(Cl)cc1)c1cc([N+](=O)[O-])c(Cl)s1. The smallest absolute Gasteiger partial charge is 0.299 e. The van der Waals surface area contributed by atoms with E-state index >= 15 is 0 Å². The van der Waals surface area contributed by atoms with E-state index in [1.54, 1.807) is 12.1 Å². The van der Waals surface area contributed by atoms with Gasteiger partial charge in [0.25, 0.3) is 11.6 Å². The molecule has 2 aromatic rings. The fourth-order valence-corrected chi connectivity index (χ4v) is 2.92. The van der Waals surface area contributed by atoms with E-state index in [-0.39, 0.29) is 20.8 Å². The third kappa shape index (κ3) is 4.17. The molecule has 0 saturated heterocycles. The number of nitrogens with zero attached hydrogens (tertiary/aromatic N) is 1. The maximum atomic E-state index is 11.9. The van der Waals surface area contributed by atoms with Gasteiger partial charge in [0.2, 0.25) is 0 Å². The van der Waals surface area contributed by atoms with E-state index in [4.69, 9.17) is 23.2 Å². The molecule has 0 saturated carbocycles. The number of nitro groups is 1. The molecule has 0 bridgehead atoms. The first-order chi connectivity index (χ1) is 9.97. The van der Waals surface area contributed by atoms with Crippen LogP contribution in [0, 0.1) is 10.1 Å². The number of amides is 1. The maximum Gasteiger partial charge on any atom is 0.299 e. The van der Waals surface area contributed by atoms with Crippen molar-refractivity contribution in [2.24, 2.45) is 0 Å². The van der Waals surface area contributed by atoms with E-state index in [1.165, 1.54) is 6.07 Å². The highest BCUT2D eigenvalue weighted by Crippen LogP contribution is 2.33. The van der Waals surface area contributed by atoms with Crippen LogP contribution in [0.15, 0.2) is 30.3 Å². The summed E-state index contributed by atoms with van der Waals surface area (Å²) < 4.78 is 0.00264. The highest BCUT2D eigenvalue weighted by Gasteiger charge is 2.20. The van der Waals surface area contributed by atoms with Crippen LogP contribution < -0.4 is 5.32 Å². The van der Waals surface area contributed by atoms with Gasteiger partial charge >= 0.3 is 0 Å². The maximum absolute atomic E-state index is 11.9. The van der Waals surface area contributed by atoms with Crippen molar-refractivity contribution in [3.05, 3.63) is 60.2 Å². The number of halogens is 2. The molecule has 0 aliphatic heterocycles. The molecule has 2 rings (SSSR count). The second kappa shape index (κ2) is 6.89. The Morgan fingerprint density at radius 1 is 1.29 bits per heavy atom. The number of hydrogen-bond donors (Lipinski definition) is 1. The Morgan fingerprint density at radius 3 is 2.52 bits per heavy atom. The first kappa shape index (κ1) is 15.8. The molecule has 0 radical (unpaired) electrons. The van der Waals surface area contributed by atoms with Crippen LogP contribution in [-0.2, 0) is 6.42 Å². The van der Waals surface area contributed by atoms with E-state index in [2.05, 4.69) is 5.32 Å². The quantitative estimate of drug-likeness (QED) is 0.659. The molecule has 1 aromatic carbocycles. The molecule has 21 heavy (non-hydrogen) atoms. The lowest BCUT2D eigenvalue weighted by molar-refractivity contribution is -0.384. The van der Waals surface area contributed by atoms with E-state index in [0.717, 1.165) is 16.9 Å². The van der Waals surface area contributed by atoms with Crippen LogP contribution in [0.1, 0.15) is 15.2 Å². The summed E-state index contributed by atoms with van der Waals surface area (Å²) in [4.78, 5) is 22.2. The summed E-state index contributed by atoms with van der Waals surface area (Å²) in [5.74, 6) is -0.371. The van der Waals surface area contributed by atoms with Crippen molar-refractivity contribution >= 4 is 46.1 Å². The van der Waals surface area contributed by atoms with Crippen molar-refractivity contribution in [3.8, 4) is 0 Å². The van der Waals surface area contributed by atoms with Crippen molar-refractivity contribution < 1.29 is 9.72 Å². The molecule has 0 atom stereocenters. The average molecular weight is 345 g/mol. The first-order valence-electron chi connectivity index (χ1n) is 5.93. The summed E-state index contributed by atoms with van der Waals surface area (Å²) in [6.07, 6.45) is 0.643. The lowest BCUT2D eigenvalue weighted by Crippen LogP contribution is -2.24. The third-order valence-electron chi connectivity index (χ3n) is 2.70. The van der Waals surface area contributed by atoms with Gasteiger partial charge in [0.15, 0.2) is 4.34 Å². The van der Waals surface area contributed by atoms with Crippen LogP contribution in [0.2, 0.25) is 9.36 Å². The van der Waals surface area contributed by atoms with Gasteiger partial charge in [0, 0.05) is 17.6 Å². The van der Waals surface area contributed by atoms with Crippen molar-refractivity contribution in [1.29, 1.82) is 0 Å². The molecule has 0 unspecified atom stereocenters. The van der Waals surface area contributed by atoms with E-state index in [0.29, 0.717) is 18.0 Å². The number of hydrogen-bond acceptors (Lipinski definition) is 4. The molecule has 1 heterocycles. The summed E-state index contributed by atoms with van der Waals surface area (Å²) in [5.41, 5.74) is 0.791. The molecule has 5 nitrogen and oxygen atoms in total. The Hall–Kier alpha value is -1.63. The molecule has 0 aliphatic rings. The van der Waals surface area contributed by atoms with Crippen molar-refractivity contribution in [2.75, 3.05) is 6.54 Å². The predicted octanol–water partition coefficient (Wildman–Crippen LogP) is 3.94. The summed E-state index contributed by atoms with van der Waals surface area (Å²) in [6.45, 7) is 0.420. The van der Waals surface area contributed by atoms with Gasteiger partial charge in [-0.3, -0.25) is 14.9 Å². The van der Waals surface area contributed by atoms with Crippen LogP contribution in [0.4, 0.5) is 5.69 Å². The van der Waals surface area contributed by atoms with Gasteiger partial charge in [-0.25, -0.2) is 0 Å². The zero-order valence-electron chi connectivity index (χ0n) is 10.6. The number of benzene rings is 1. The normalized spacial score (nSPS) is 10.4. The van der Waals surface area contributed by atoms with Gasteiger partial charge in [-0.05, 0) is 24.1 Å². The van der Waals surface area contributed by atoms with Gasteiger partial charge in [-0.15, -0.1) is 11.3 Å². The minimum atomic E-state index is -0.608. The first-order valence-corrected chi connectivity index (χ1v) is 7.51. The molecular formula is C13H10Cl2N2O3S. The van der Waals surface area contributed by atoms with Gasteiger partial charge in [-0.2, -0.15) is 0 Å². The Labute approximate surface area is 134 Å². The van der Waals surface area contributed by atoms with Gasteiger partial charge in [-0.1, -0.05) is 35.3 Å². The second-order valence-corrected chi connectivity index (χ2v) is 6.25. The Kier molecular flexibility index (Phi) is 5.17. The fourth-order valence-electron chi connectivity index (χ4n) is 1.65. The van der Waals surface area contributed by atoms with Crippen LogP contribution >= 0.6 is 34.5 Å². The lowest BCUT2D eigenvalue weighted by atomic mass is 10.1. The largest absolute Gasteiger partial charge is 0.351 e. The Morgan fingerprint density at radius 2 is 1.95 bits per heavy atom. The molecule has 0 aliphatic carbocycles. The highest BCUT2D eigenvalue weighted by molar-refractivity contribution is 7.18. The fraction of sp³-hybridized carbons (Fsp3) is 0.154. The number of nitrogens with one attached hydrogen (secondary N) is 1. The monoisotopic (exact) mass is 344 g/mol. The summed E-state index contributed by atoms with van der Waals surface area (Å²) in [5, 5.41) is 14.0. The number of carbonyl (C=O) groups excluding carboxylic acids is 1. The second-order valence-electron chi connectivity index (χ2n) is 4.16. The van der Waals surface area contributed by atoms with Crippen LogP contribution in [-0.4, -0.2) is 17.4 Å². The van der Waals surface area contributed by atoms with Crippen LogP contribution in [0.5, 0.6) is 0 Å². The van der Waals surface area contributed by atoms with E-state index in [9.17, 15) is 14.9 Å². The molecule has 8 heteroatoms. The molecule has 1 aromatic heterocycles. The number of thiophene rings is 1. The Bertz CT molecular complexity index is 671. The molecule has 1 amide bonds. The van der Waals surface area contributed by atoms with Crippen molar-refractivity contribution in [1.82, 2.24) is 5.32 Å². The van der Waals surface area contributed by atoms with Crippen molar-refractivity contribution in [2.45, 2.75) is 6.42 Å². The van der Waals surface area contributed by atoms with Crippen LogP contribution in [0.25, 0.3) is 0 Å². The van der Waals surface area contributed by atoms with Gasteiger partial charge < -0.3 is 5.32 Å². The van der Waals surface area contributed by atoms with Gasteiger partial charge in [0.05, 0.1) is 4.92 Å². The average Bonchev–Trinajstić information content (AvgIpc) is 2.83. The standard InChI is InChI=1S/C13H10Cl2N2O3S/c14-9-3-1-8(2-4-9)5-6-16-13(18)11-7-10(17(19)20)12(15)21-11/h1-4,7H,5-6H2,(H,16,18). The topological polar surface area (TPSA) is 72.2 Å². The minimum absolute atomic E-state index is 0.00264. The molecule has 110 valence electrons. The Balaban J connectivity index is 1.91. The lowest BCUT2D eigenvalue weighted by Gasteiger charge is -2.03. The predicted molar refractivity (Wildman–Crippen MR) is 83.5 cm³/mol. The molecule has 0 fully saturated rings. The van der Waals surface area contributed by atoms with E-state index in [1.807, 2.05) is 12.1 Å². The summed E-state index contributed by atoms with van der Waals surface area (Å²) >= 11 is 12.4. The third-order valence-corrected chi connectivity index (χ3v) is 4.29. The van der Waals surface area contributed by atoms with Crippen LogP contribution in [0.3, 0.4) is 0 Å². The summed E-state index contributed by atoms with van der Waals surface area (Å²) in [7, 11) is 0. The van der Waals surface area contributed by atoms with E-state index < -0.39 is 4.92 Å².